The number of carbonyl (C=O) groups excluding carboxylic acids is 1. The number of phosphoric acid groups is 1. The molecule has 9 heteroatoms. The Morgan fingerprint density at radius 2 is 1.74 bits per heavy atom. The van der Waals surface area contributed by atoms with Gasteiger partial charge in [0, 0.05) is 6.42 Å². The van der Waals surface area contributed by atoms with E-state index in [9.17, 15) is 19.4 Å². The van der Waals surface area contributed by atoms with Crippen LogP contribution in [0.15, 0.2) is 12.2 Å². The van der Waals surface area contributed by atoms with Crippen LogP contribution in [0.2, 0.25) is 0 Å². The van der Waals surface area contributed by atoms with E-state index in [1.807, 2.05) is 34.1 Å². The van der Waals surface area contributed by atoms with Gasteiger partial charge in [0.05, 0.1) is 39.9 Å². The van der Waals surface area contributed by atoms with Gasteiger partial charge in [0.1, 0.15) is 13.2 Å². The molecule has 3 unspecified atom stereocenters. The average Bonchev–Trinajstić information content (AvgIpc) is 2.66. The monoisotopic (exact) mass is 464 g/mol. The van der Waals surface area contributed by atoms with Crippen LogP contribution < -0.4 is 10.2 Å². The second kappa shape index (κ2) is 16.8. The molecule has 0 bridgehead atoms. The molecule has 0 aliphatic rings. The van der Waals surface area contributed by atoms with Gasteiger partial charge in [0.15, 0.2) is 0 Å². The Labute approximate surface area is 189 Å². The Hall–Kier alpha value is -0.760. The molecule has 8 nitrogen and oxygen atoms in total. The fourth-order valence-electron chi connectivity index (χ4n) is 2.78. The van der Waals surface area contributed by atoms with E-state index in [4.69, 9.17) is 9.05 Å². The first kappa shape index (κ1) is 30.2. The van der Waals surface area contributed by atoms with E-state index in [0.29, 0.717) is 23.9 Å². The maximum Gasteiger partial charge on any atom is 0.268 e. The lowest BCUT2D eigenvalue weighted by Crippen LogP contribution is -2.45. The zero-order valence-corrected chi connectivity index (χ0v) is 21.1. The van der Waals surface area contributed by atoms with Crippen LogP contribution in [0.3, 0.4) is 0 Å². The van der Waals surface area contributed by atoms with Gasteiger partial charge in [-0.1, -0.05) is 58.1 Å². The van der Waals surface area contributed by atoms with E-state index in [0.717, 1.165) is 19.3 Å². The smallest absolute Gasteiger partial charge is 0.268 e. The molecule has 0 heterocycles. The molecular formula is C22H45N2O6P. The molecule has 0 radical (unpaired) electrons. The molecule has 0 saturated heterocycles. The zero-order chi connectivity index (χ0) is 23.8. The highest BCUT2D eigenvalue weighted by atomic mass is 31.2. The average molecular weight is 465 g/mol. The third-order valence-electron chi connectivity index (χ3n) is 4.72. The highest BCUT2D eigenvalue weighted by Gasteiger charge is 2.22. The summed E-state index contributed by atoms with van der Waals surface area (Å²) in [5, 5.41) is 13.1. The molecule has 0 aliphatic heterocycles. The molecule has 1 amide bonds. The number of nitrogens with one attached hydrogen (secondary N) is 1. The van der Waals surface area contributed by atoms with E-state index in [2.05, 4.69) is 12.2 Å². The number of likely N-dealkylation sites (N-methyl/N-ethyl adjacent to an activating group) is 1. The molecule has 2 N–H and O–H groups in total. The number of allylic oxidation sites excluding steroid dienone is 1. The maximum atomic E-state index is 12.0. The lowest BCUT2D eigenvalue weighted by molar-refractivity contribution is -0.870. The third kappa shape index (κ3) is 18.5. The first-order valence-electron chi connectivity index (χ1n) is 11.6. The molecule has 0 aromatic heterocycles. The van der Waals surface area contributed by atoms with Crippen LogP contribution in [0.1, 0.15) is 71.6 Å². The van der Waals surface area contributed by atoms with Crippen LogP contribution in [-0.2, 0) is 18.4 Å². The summed E-state index contributed by atoms with van der Waals surface area (Å²) in [6, 6.07) is -0.871. The predicted molar refractivity (Wildman–Crippen MR) is 122 cm³/mol. The molecular weight excluding hydrogens is 419 g/mol. The second-order valence-electron chi connectivity index (χ2n) is 8.99. The lowest BCUT2D eigenvalue weighted by Gasteiger charge is -2.29. The third-order valence-corrected chi connectivity index (χ3v) is 5.68. The van der Waals surface area contributed by atoms with E-state index in [1.54, 1.807) is 6.08 Å². The van der Waals surface area contributed by atoms with Gasteiger partial charge in [-0.25, -0.2) is 0 Å². The predicted octanol–water partition coefficient (Wildman–Crippen LogP) is 3.15. The van der Waals surface area contributed by atoms with Gasteiger partial charge in [-0.05, 0) is 19.3 Å². The summed E-state index contributed by atoms with van der Waals surface area (Å²) in [6.07, 6.45) is 11.3. The Bertz CT molecular complexity index is 551. The van der Waals surface area contributed by atoms with Crippen LogP contribution in [0.5, 0.6) is 0 Å². The number of carbonyl (C=O) groups is 1. The van der Waals surface area contributed by atoms with Crippen LogP contribution in [0.4, 0.5) is 0 Å². The Morgan fingerprint density at radius 3 is 2.35 bits per heavy atom. The van der Waals surface area contributed by atoms with Crippen LogP contribution in [-0.4, -0.2) is 68.5 Å². The standard InChI is InChI=1S/C22H45N2O6P/c1-6-8-9-10-11-12-13-14-16-21(25)20(23-22(26)15-7-2)19-30-31(27,28)29-18-17-24(3,4)5/h14,16,20-21,25H,6-13,15,17-19H2,1-5H3,(H-,23,26,27,28)/b16-14+. The largest absolute Gasteiger partial charge is 0.756 e. The van der Waals surface area contributed by atoms with Crippen molar-refractivity contribution >= 4 is 13.7 Å². The minimum absolute atomic E-state index is 0.00213. The number of hydrogen-bond acceptors (Lipinski definition) is 6. The van der Waals surface area contributed by atoms with Crippen molar-refractivity contribution in [1.82, 2.24) is 5.32 Å². The lowest BCUT2D eigenvalue weighted by atomic mass is 10.1. The second-order valence-corrected chi connectivity index (χ2v) is 10.4. The summed E-state index contributed by atoms with van der Waals surface area (Å²) < 4.78 is 22.4. The van der Waals surface area contributed by atoms with Crippen molar-refractivity contribution in [3.05, 3.63) is 12.2 Å². The normalized spacial score (nSPS) is 16.2. The molecule has 0 fully saturated rings. The van der Waals surface area contributed by atoms with Gasteiger partial charge >= 0.3 is 0 Å². The summed E-state index contributed by atoms with van der Waals surface area (Å²) in [7, 11) is 1.24. The molecule has 184 valence electrons. The minimum atomic E-state index is -4.53. The summed E-state index contributed by atoms with van der Waals surface area (Å²) in [5.74, 6) is -0.258. The summed E-state index contributed by atoms with van der Waals surface area (Å²) in [5.41, 5.74) is 0. The Kier molecular flexibility index (Phi) is 16.4. The fraction of sp³-hybridized carbons (Fsp3) is 0.864. The highest BCUT2D eigenvalue weighted by molar-refractivity contribution is 7.45. The first-order valence-corrected chi connectivity index (χ1v) is 13.0. The molecule has 0 aromatic rings. The van der Waals surface area contributed by atoms with Crippen molar-refractivity contribution in [2.45, 2.75) is 83.8 Å². The number of amides is 1. The van der Waals surface area contributed by atoms with Crippen molar-refractivity contribution in [2.75, 3.05) is 40.9 Å². The van der Waals surface area contributed by atoms with Crippen LogP contribution in [0.25, 0.3) is 0 Å². The van der Waals surface area contributed by atoms with Crippen LogP contribution in [0, 0.1) is 0 Å². The van der Waals surface area contributed by atoms with E-state index >= 15 is 0 Å². The number of aliphatic hydroxyl groups excluding tert-OH is 1. The topological polar surface area (TPSA) is 108 Å². The van der Waals surface area contributed by atoms with Gasteiger partial charge in [-0.2, -0.15) is 0 Å². The SMILES string of the molecule is CCCCCCCC/C=C/C(O)C(COP(=O)([O-])OCC[N+](C)(C)C)NC(=O)CCC. The number of rotatable bonds is 19. The molecule has 31 heavy (non-hydrogen) atoms. The van der Waals surface area contributed by atoms with Crippen molar-refractivity contribution in [3.63, 3.8) is 0 Å². The van der Waals surface area contributed by atoms with E-state index < -0.39 is 20.0 Å². The van der Waals surface area contributed by atoms with Gasteiger partial charge in [-0.15, -0.1) is 0 Å². The molecule has 0 rings (SSSR count). The van der Waals surface area contributed by atoms with Gasteiger partial charge in [0.25, 0.3) is 7.82 Å². The van der Waals surface area contributed by atoms with Crippen molar-refractivity contribution < 1.29 is 32.9 Å². The van der Waals surface area contributed by atoms with Gasteiger partial charge in [0.2, 0.25) is 5.91 Å². The number of hydrogen-bond donors (Lipinski definition) is 2. The van der Waals surface area contributed by atoms with E-state index in [-0.39, 0.29) is 19.1 Å². The van der Waals surface area contributed by atoms with Gasteiger partial charge in [-0.3, -0.25) is 9.36 Å². The number of phosphoric ester groups is 1. The molecule has 0 spiro atoms. The molecule has 0 aliphatic carbocycles. The first-order chi connectivity index (χ1) is 14.5. The number of nitrogens with zero attached hydrogens (tertiary/aromatic N) is 1. The van der Waals surface area contributed by atoms with Crippen molar-refractivity contribution in [1.29, 1.82) is 0 Å². The number of unbranched alkanes of at least 4 members (excludes halogenated alkanes) is 6. The molecule has 0 saturated carbocycles. The maximum absolute atomic E-state index is 12.0. The number of aliphatic hydroxyl groups is 1. The summed E-state index contributed by atoms with van der Waals surface area (Å²) >= 11 is 0. The summed E-state index contributed by atoms with van der Waals surface area (Å²) in [4.78, 5) is 24.0. The quantitative estimate of drug-likeness (QED) is 0.132. The van der Waals surface area contributed by atoms with Gasteiger partial charge < -0.3 is 28.8 Å². The molecule has 0 aromatic carbocycles. The van der Waals surface area contributed by atoms with E-state index in [1.165, 1.54) is 25.7 Å². The Balaban J connectivity index is 4.63. The minimum Gasteiger partial charge on any atom is -0.756 e. The van der Waals surface area contributed by atoms with Crippen molar-refractivity contribution in [2.24, 2.45) is 0 Å². The van der Waals surface area contributed by atoms with Crippen molar-refractivity contribution in [3.8, 4) is 0 Å². The fourth-order valence-corrected chi connectivity index (χ4v) is 3.50. The zero-order valence-electron chi connectivity index (χ0n) is 20.2. The number of quaternary nitrogens is 1. The summed E-state index contributed by atoms with van der Waals surface area (Å²) in [6.45, 7) is 4.17. The highest BCUT2D eigenvalue weighted by Crippen LogP contribution is 2.38. The molecule has 3 atom stereocenters. The van der Waals surface area contributed by atoms with Crippen LogP contribution >= 0.6 is 7.82 Å². The Morgan fingerprint density at radius 1 is 1.10 bits per heavy atom.